The molecular formula is C11H19F3. The quantitative estimate of drug-likeness (QED) is 0.604. The molecule has 0 aliphatic heterocycles. The molecule has 3 heteroatoms. The first-order valence-corrected chi connectivity index (χ1v) is 5.37. The van der Waals surface area contributed by atoms with Crippen LogP contribution in [-0.4, -0.2) is 6.18 Å². The van der Waals surface area contributed by atoms with Crippen LogP contribution in [0.25, 0.3) is 0 Å². The number of halogens is 3. The summed E-state index contributed by atoms with van der Waals surface area (Å²) >= 11 is 0. The van der Waals surface area contributed by atoms with Crippen molar-refractivity contribution in [2.75, 3.05) is 0 Å². The summed E-state index contributed by atoms with van der Waals surface area (Å²) in [6, 6.07) is 0. The van der Waals surface area contributed by atoms with Crippen molar-refractivity contribution in [2.45, 2.75) is 46.2 Å². The highest BCUT2D eigenvalue weighted by Crippen LogP contribution is 2.44. The van der Waals surface area contributed by atoms with Gasteiger partial charge in [0.1, 0.15) is 0 Å². The van der Waals surface area contributed by atoms with Crippen LogP contribution in [0.5, 0.6) is 0 Å². The molecule has 1 rings (SSSR count). The molecule has 0 aromatic rings. The molecule has 0 aromatic heterocycles. The van der Waals surface area contributed by atoms with Crippen molar-refractivity contribution in [3.8, 4) is 0 Å². The SMILES string of the molecule is CC1CC(C(C)C)CC(C(F)(F)F)C1. The Morgan fingerprint density at radius 2 is 1.64 bits per heavy atom. The van der Waals surface area contributed by atoms with Gasteiger partial charge < -0.3 is 0 Å². The van der Waals surface area contributed by atoms with Crippen LogP contribution in [0, 0.1) is 23.7 Å². The largest absolute Gasteiger partial charge is 0.391 e. The molecule has 1 saturated carbocycles. The van der Waals surface area contributed by atoms with Gasteiger partial charge in [0.15, 0.2) is 0 Å². The molecule has 0 radical (unpaired) electrons. The number of hydrogen-bond donors (Lipinski definition) is 0. The maximum absolute atomic E-state index is 12.6. The van der Waals surface area contributed by atoms with E-state index in [1.54, 1.807) is 0 Å². The molecule has 0 amide bonds. The van der Waals surface area contributed by atoms with E-state index in [1.165, 1.54) is 0 Å². The molecular weight excluding hydrogens is 189 g/mol. The zero-order valence-corrected chi connectivity index (χ0v) is 9.06. The molecule has 0 saturated heterocycles. The highest BCUT2D eigenvalue weighted by atomic mass is 19.4. The van der Waals surface area contributed by atoms with Crippen molar-refractivity contribution in [3.05, 3.63) is 0 Å². The minimum atomic E-state index is -3.98. The molecule has 3 atom stereocenters. The molecule has 0 heterocycles. The van der Waals surface area contributed by atoms with Crippen molar-refractivity contribution in [3.63, 3.8) is 0 Å². The Balaban J connectivity index is 2.63. The lowest BCUT2D eigenvalue weighted by Gasteiger charge is -2.36. The average molecular weight is 208 g/mol. The number of rotatable bonds is 1. The topological polar surface area (TPSA) is 0 Å². The van der Waals surface area contributed by atoms with E-state index < -0.39 is 12.1 Å². The Morgan fingerprint density at radius 3 is 2.07 bits per heavy atom. The fraction of sp³-hybridized carbons (Fsp3) is 1.00. The van der Waals surface area contributed by atoms with E-state index >= 15 is 0 Å². The van der Waals surface area contributed by atoms with Crippen molar-refractivity contribution >= 4 is 0 Å². The maximum Gasteiger partial charge on any atom is 0.391 e. The molecule has 84 valence electrons. The smallest absolute Gasteiger partial charge is 0.171 e. The first kappa shape index (κ1) is 11.9. The summed E-state index contributed by atoms with van der Waals surface area (Å²) in [6.45, 7) is 5.99. The van der Waals surface area contributed by atoms with E-state index in [2.05, 4.69) is 0 Å². The second-order valence-electron chi connectivity index (χ2n) is 5.05. The summed E-state index contributed by atoms with van der Waals surface area (Å²) in [5, 5.41) is 0. The van der Waals surface area contributed by atoms with E-state index in [0.29, 0.717) is 18.8 Å². The number of hydrogen-bond acceptors (Lipinski definition) is 0. The van der Waals surface area contributed by atoms with Gasteiger partial charge in [0.25, 0.3) is 0 Å². The molecule has 0 spiro atoms. The molecule has 1 aliphatic rings. The van der Waals surface area contributed by atoms with Gasteiger partial charge in [-0.05, 0) is 37.0 Å². The van der Waals surface area contributed by atoms with Gasteiger partial charge in [0.05, 0.1) is 5.92 Å². The molecule has 3 unspecified atom stereocenters. The summed E-state index contributed by atoms with van der Waals surface area (Å²) in [5.74, 6) is -0.200. The lowest BCUT2D eigenvalue weighted by Crippen LogP contribution is -2.33. The minimum Gasteiger partial charge on any atom is -0.171 e. The van der Waals surface area contributed by atoms with Crippen LogP contribution in [0.15, 0.2) is 0 Å². The van der Waals surface area contributed by atoms with E-state index in [9.17, 15) is 13.2 Å². The fourth-order valence-corrected chi connectivity index (χ4v) is 2.47. The van der Waals surface area contributed by atoms with Gasteiger partial charge in [0, 0.05) is 0 Å². The van der Waals surface area contributed by atoms with Crippen molar-refractivity contribution in [1.82, 2.24) is 0 Å². The van der Waals surface area contributed by atoms with Crippen LogP contribution in [0.3, 0.4) is 0 Å². The fourth-order valence-electron chi connectivity index (χ4n) is 2.47. The van der Waals surface area contributed by atoms with Crippen molar-refractivity contribution in [2.24, 2.45) is 23.7 Å². The van der Waals surface area contributed by atoms with Gasteiger partial charge in [-0.1, -0.05) is 20.8 Å². The van der Waals surface area contributed by atoms with Gasteiger partial charge in [-0.3, -0.25) is 0 Å². The first-order chi connectivity index (χ1) is 6.30. The Kier molecular flexibility index (Phi) is 3.49. The van der Waals surface area contributed by atoms with Crippen LogP contribution in [-0.2, 0) is 0 Å². The van der Waals surface area contributed by atoms with E-state index in [1.807, 2.05) is 20.8 Å². The molecule has 0 N–H and O–H groups in total. The molecule has 1 aliphatic carbocycles. The summed E-state index contributed by atoms with van der Waals surface area (Å²) < 4.78 is 37.7. The summed E-state index contributed by atoms with van der Waals surface area (Å²) in [6.07, 6.45) is -2.36. The van der Waals surface area contributed by atoms with Crippen LogP contribution < -0.4 is 0 Å². The third-order valence-corrected chi connectivity index (χ3v) is 3.38. The van der Waals surface area contributed by atoms with Gasteiger partial charge in [-0.2, -0.15) is 13.2 Å². The first-order valence-electron chi connectivity index (χ1n) is 5.37. The summed E-state index contributed by atoms with van der Waals surface area (Å²) in [7, 11) is 0. The standard InChI is InChI=1S/C11H19F3/c1-7(2)9-4-8(3)5-10(6-9)11(12,13)14/h7-10H,4-6H2,1-3H3. The van der Waals surface area contributed by atoms with Crippen LogP contribution in [0.4, 0.5) is 13.2 Å². The van der Waals surface area contributed by atoms with Crippen molar-refractivity contribution < 1.29 is 13.2 Å². The maximum atomic E-state index is 12.6. The second kappa shape index (κ2) is 4.11. The average Bonchev–Trinajstić information content (AvgIpc) is 2.01. The Labute approximate surface area is 83.9 Å². The Morgan fingerprint density at radius 1 is 1.07 bits per heavy atom. The highest BCUT2D eigenvalue weighted by Gasteiger charge is 2.44. The molecule has 0 nitrogen and oxygen atoms in total. The van der Waals surface area contributed by atoms with E-state index in [-0.39, 0.29) is 11.8 Å². The second-order valence-corrected chi connectivity index (χ2v) is 5.05. The monoisotopic (exact) mass is 208 g/mol. The molecule has 1 fully saturated rings. The zero-order chi connectivity index (χ0) is 10.9. The van der Waals surface area contributed by atoms with Crippen molar-refractivity contribution in [1.29, 1.82) is 0 Å². The van der Waals surface area contributed by atoms with Gasteiger partial charge >= 0.3 is 6.18 Å². The Hall–Kier alpha value is -0.210. The van der Waals surface area contributed by atoms with E-state index in [0.717, 1.165) is 6.42 Å². The molecule has 0 aromatic carbocycles. The number of alkyl halides is 3. The zero-order valence-electron chi connectivity index (χ0n) is 9.06. The normalized spacial score (nSPS) is 34.9. The van der Waals surface area contributed by atoms with Crippen LogP contribution in [0.2, 0.25) is 0 Å². The van der Waals surface area contributed by atoms with Gasteiger partial charge in [0.2, 0.25) is 0 Å². The lowest BCUT2D eigenvalue weighted by atomic mass is 9.71. The molecule has 0 bridgehead atoms. The minimum absolute atomic E-state index is 0.225. The van der Waals surface area contributed by atoms with Gasteiger partial charge in [-0.15, -0.1) is 0 Å². The summed E-state index contributed by atoms with van der Waals surface area (Å²) in [5.41, 5.74) is 0. The van der Waals surface area contributed by atoms with Gasteiger partial charge in [-0.25, -0.2) is 0 Å². The predicted molar refractivity (Wildman–Crippen MR) is 50.9 cm³/mol. The van der Waals surface area contributed by atoms with Crippen LogP contribution >= 0.6 is 0 Å². The van der Waals surface area contributed by atoms with E-state index in [4.69, 9.17) is 0 Å². The third kappa shape index (κ3) is 2.89. The summed E-state index contributed by atoms with van der Waals surface area (Å²) in [4.78, 5) is 0. The lowest BCUT2D eigenvalue weighted by molar-refractivity contribution is -0.191. The highest BCUT2D eigenvalue weighted by molar-refractivity contribution is 4.82. The van der Waals surface area contributed by atoms with Crippen LogP contribution in [0.1, 0.15) is 40.0 Å². The molecule has 14 heavy (non-hydrogen) atoms. The predicted octanol–water partition coefficient (Wildman–Crippen LogP) is 4.26. The Bertz CT molecular complexity index is 183. The third-order valence-electron chi connectivity index (χ3n) is 3.38.